The zero-order valence-corrected chi connectivity index (χ0v) is 16.2. The first-order valence-electron chi connectivity index (χ1n) is 8.97. The third-order valence-electron chi connectivity index (χ3n) is 3.96. The number of carbonyl (C=O) groups is 1. The minimum absolute atomic E-state index is 0.240. The maximum atomic E-state index is 12.5. The van der Waals surface area contributed by atoms with Gasteiger partial charge < -0.3 is 24.8 Å². The number of nitrogens with zero attached hydrogens (tertiary/aromatic N) is 2. The van der Waals surface area contributed by atoms with Gasteiger partial charge in [0.2, 0.25) is 5.95 Å². The molecular weight excluding hydrogens is 372 g/mol. The van der Waals surface area contributed by atoms with E-state index in [4.69, 9.17) is 14.2 Å². The molecule has 1 amide bonds. The predicted molar refractivity (Wildman–Crippen MR) is 110 cm³/mol. The molecule has 29 heavy (non-hydrogen) atoms. The van der Waals surface area contributed by atoms with E-state index < -0.39 is 0 Å². The quantitative estimate of drug-likeness (QED) is 0.538. The molecule has 1 aromatic heterocycles. The Balaban J connectivity index is 1.52. The van der Waals surface area contributed by atoms with Crippen molar-refractivity contribution in [3.05, 3.63) is 66.5 Å². The van der Waals surface area contributed by atoms with Crippen molar-refractivity contribution in [2.45, 2.75) is 0 Å². The maximum absolute atomic E-state index is 12.5. The number of benzene rings is 2. The zero-order chi connectivity index (χ0) is 20.5. The van der Waals surface area contributed by atoms with Crippen LogP contribution in [0.5, 0.6) is 17.2 Å². The molecule has 0 unspecified atom stereocenters. The summed E-state index contributed by atoms with van der Waals surface area (Å²) in [4.78, 5) is 20.9. The van der Waals surface area contributed by atoms with Gasteiger partial charge in [-0.05, 0) is 42.5 Å². The number of aromatic nitrogens is 2. The van der Waals surface area contributed by atoms with Gasteiger partial charge in [0.05, 0.1) is 26.5 Å². The summed E-state index contributed by atoms with van der Waals surface area (Å²) in [5.41, 5.74) is 0.811. The highest BCUT2D eigenvalue weighted by atomic mass is 16.5. The van der Waals surface area contributed by atoms with Crippen molar-refractivity contribution in [1.29, 1.82) is 0 Å². The van der Waals surface area contributed by atoms with E-state index in [1.165, 1.54) is 6.20 Å². The first-order chi connectivity index (χ1) is 14.2. The van der Waals surface area contributed by atoms with Gasteiger partial charge in [-0.3, -0.25) is 4.79 Å². The third-order valence-corrected chi connectivity index (χ3v) is 3.96. The summed E-state index contributed by atoms with van der Waals surface area (Å²) in [7, 11) is 3.16. The fourth-order valence-corrected chi connectivity index (χ4v) is 2.51. The molecule has 2 N–H and O–H groups in total. The Morgan fingerprint density at radius 3 is 2.48 bits per heavy atom. The number of hydrogen-bond acceptors (Lipinski definition) is 7. The molecule has 150 valence electrons. The van der Waals surface area contributed by atoms with Crippen LogP contribution in [0.15, 0.2) is 60.8 Å². The number of anilines is 2. The van der Waals surface area contributed by atoms with Crippen LogP contribution in [0, 0.1) is 0 Å². The Labute approximate surface area is 168 Å². The zero-order valence-electron chi connectivity index (χ0n) is 16.2. The van der Waals surface area contributed by atoms with Crippen LogP contribution in [-0.4, -0.2) is 43.2 Å². The molecule has 8 nitrogen and oxygen atoms in total. The van der Waals surface area contributed by atoms with E-state index in [9.17, 15) is 4.79 Å². The van der Waals surface area contributed by atoms with Gasteiger partial charge >= 0.3 is 0 Å². The standard InChI is InChI=1S/C21H22N4O4/c1-27-15-7-9-16(10-8-15)29-14-13-23-21-22-12-11-18(25-21)20(26)24-17-5-3-4-6-19(17)28-2/h3-12H,13-14H2,1-2H3,(H,24,26)(H,22,23,25). The van der Waals surface area contributed by atoms with Crippen LogP contribution < -0.4 is 24.8 Å². The van der Waals surface area contributed by atoms with Crippen LogP contribution >= 0.6 is 0 Å². The molecule has 0 bridgehead atoms. The second-order valence-electron chi connectivity index (χ2n) is 5.87. The van der Waals surface area contributed by atoms with E-state index in [2.05, 4.69) is 20.6 Å². The van der Waals surface area contributed by atoms with E-state index in [0.29, 0.717) is 30.5 Å². The lowest BCUT2D eigenvalue weighted by atomic mass is 10.2. The fourth-order valence-electron chi connectivity index (χ4n) is 2.51. The topological polar surface area (TPSA) is 94.6 Å². The van der Waals surface area contributed by atoms with Gasteiger partial charge in [-0.1, -0.05) is 12.1 Å². The second-order valence-corrected chi connectivity index (χ2v) is 5.87. The van der Waals surface area contributed by atoms with Gasteiger partial charge in [-0.15, -0.1) is 0 Å². The largest absolute Gasteiger partial charge is 0.497 e. The molecule has 3 rings (SSSR count). The first kappa shape index (κ1) is 19.9. The molecule has 0 saturated heterocycles. The summed E-state index contributed by atoms with van der Waals surface area (Å²) in [6.45, 7) is 0.886. The highest BCUT2D eigenvalue weighted by Gasteiger charge is 2.11. The molecule has 3 aromatic rings. The summed E-state index contributed by atoms with van der Waals surface area (Å²) in [5, 5.41) is 5.83. The van der Waals surface area contributed by atoms with Crippen LogP contribution in [0.3, 0.4) is 0 Å². The Kier molecular flexibility index (Phi) is 6.83. The molecule has 0 saturated carbocycles. The highest BCUT2D eigenvalue weighted by molar-refractivity contribution is 6.03. The van der Waals surface area contributed by atoms with Gasteiger partial charge in [-0.2, -0.15) is 0 Å². The summed E-state index contributed by atoms with van der Waals surface area (Å²) >= 11 is 0. The van der Waals surface area contributed by atoms with E-state index in [1.807, 2.05) is 36.4 Å². The van der Waals surface area contributed by atoms with Crippen molar-refractivity contribution in [2.24, 2.45) is 0 Å². The molecule has 0 aliphatic rings. The van der Waals surface area contributed by atoms with E-state index in [0.717, 1.165) is 11.5 Å². The fraction of sp³-hybridized carbons (Fsp3) is 0.190. The molecule has 0 radical (unpaired) electrons. The van der Waals surface area contributed by atoms with E-state index >= 15 is 0 Å². The van der Waals surface area contributed by atoms with E-state index in [-0.39, 0.29) is 11.6 Å². The third kappa shape index (κ3) is 5.58. The normalized spacial score (nSPS) is 10.1. The number of hydrogen-bond donors (Lipinski definition) is 2. The SMILES string of the molecule is COc1ccc(OCCNc2nccc(C(=O)Nc3ccccc3OC)n2)cc1. The van der Waals surface area contributed by atoms with Gasteiger partial charge in [-0.25, -0.2) is 9.97 Å². The van der Waals surface area contributed by atoms with Crippen LogP contribution in [0.1, 0.15) is 10.5 Å². The first-order valence-corrected chi connectivity index (χ1v) is 8.97. The minimum Gasteiger partial charge on any atom is -0.497 e. The van der Waals surface area contributed by atoms with Gasteiger partial charge in [0.1, 0.15) is 29.5 Å². The highest BCUT2D eigenvalue weighted by Crippen LogP contribution is 2.23. The van der Waals surface area contributed by atoms with Crippen molar-refractivity contribution in [1.82, 2.24) is 9.97 Å². The molecule has 0 atom stereocenters. The predicted octanol–water partition coefficient (Wildman–Crippen LogP) is 3.24. The number of carbonyl (C=O) groups excluding carboxylic acids is 1. The monoisotopic (exact) mass is 394 g/mol. The Bertz CT molecular complexity index is 947. The van der Waals surface area contributed by atoms with E-state index in [1.54, 1.807) is 32.4 Å². The summed E-state index contributed by atoms with van der Waals surface area (Å²) in [5.74, 6) is 2.07. The summed E-state index contributed by atoms with van der Waals surface area (Å²) in [6.07, 6.45) is 1.52. The number of amides is 1. The number of rotatable bonds is 9. The number of methoxy groups -OCH3 is 2. The van der Waals surface area contributed by atoms with Crippen molar-refractivity contribution >= 4 is 17.5 Å². The van der Waals surface area contributed by atoms with Crippen LogP contribution in [0.25, 0.3) is 0 Å². The smallest absolute Gasteiger partial charge is 0.274 e. The van der Waals surface area contributed by atoms with Gasteiger partial charge in [0.25, 0.3) is 5.91 Å². The van der Waals surface area contributed by atoms with Crippen LogP contribution in [-0.2, 0) is 0 Å². The maximum Gasteiger partial charge on any atom is 0.274 e. The number of ether oxygens (including phenoxy) is 3. The minimum atomic E-state index is -0.352. The Morgan fingerprint density at radius 1 is 0.966 bits per heavy atom. The lowest BCUT2D eigenvalue weighted by molar-refractivity contribution is 0.102. The molecule has 0 aliphatic carbocycles. The average molecular weight is 394 g/mol. The van der Waals surface area contributed by atoms with Crippen LogP contribution in [0.4, 0.5) is 11.6 Å². The van der Waals surface area contributed by atoms with Gasteiger partial charge in [0.15, 0.2) is 0 Å². The molecule has 0 spiro atoms. The number of nitrogens with one attached hydrogen (secondary N) is 2. The van der Waals surface area contributed by atoms with Crippen molar-refractivity contribution in [2.75, 3.05) is 38.0 Å². The van der Waals surface area contributed by atoms with Crippen molar-refractivity contribution < 1.29 is 19.0 Å². The van der Waals surface area contributed by atoms with Gasteiger partial charge in [0, 0.05) is 6.20 Å². The Hall–Kier alpha value is -3.81. The molecule has 1 heterocycles. The average Bonchev–Trinajstić information content (AvgIpc) is 2.77. The summed E-state index contributed by atoms with van der Waals surface area (Å²) < 4.78 is 16.0. The van der Waals surface area contributed by atoms with Crippen molar-refractivity contribution in [3.8, 4) is 17.2 Å². The molecule has 0 aliphatic heterocycles. The summed E-state index contributed by atoms with van der Waals surface area (Å²) in [6, 6.07) is 16.0. The second kappa shape index (κ2) is 9.93. The lowest BCUT2D eigenvalue weighted by Gasteiger charge is -2.10. The van der Waals surface area contributed by atoms with Crippen LogP contribution in [0.2, 0.25) is 0 Å². The molecule has 0 fully saturated rings. The molecular formula is C21H22N4O4. The Morgan fingerprint density at radius 2 is 1.72 bits per heavy atom. The lowest BCUT2D eigenvalue weighted by Crippen LogP contribution is -2.17. The molecule has 8 heteroatoms. The van der Waals surface area contributed by atoms with Crippen molar-refractivity contribution in [3.63, 3.8) is 0 Å². The molecule has 2 aromatic carbocycles. The number of para-hydroxylation sites is 2.